The quantitative estimate of drug-likeness (QED) is 0.689. The fraction of sp³-hybridized carbons (Fsp3) is 0.350. The minimum atomic E-state index is -0.363. The first-order valence-corrected chi connectivity index (χ1v) is 8.42. The van der Waals surface area contributed by atoms with Gasteiger partial charge in [0.1, 0.15) is 5.75 Å². The number of ether oxygens (including phenoxy) is 1. The van der Waals surface area contributed by atoms with Crippen LogP contribution in [0.4, 0.5) is 5.69 Å². The summed E-state index contributed by atoms with van der Waals surface area (Å²) in [6, 6.07) is 14.6. The van der Waals surface area contributed by atoms with E-state index in [1.54, 1.807) is 31.4 Å². The number of carbonyl (C=O) groups is 1. The van der Waals surface area contributed by atoms with Gasteiger partial charge in [-0.15, -0.1) is 0 Å². The Labute approximate surface area is 149 Å². The van der Waals surface area contributed by atoms with Gasteiger partial charge in [-0.05, 0) is 47.9 Å². The second-order valence-corrected chi connectivity index (χ2v) is 6.33. The number of aliphatic hydroxyl groups is 1. The van der Waals surface area contributed by atoms with Crippen LogP contribution in [-0.4, -0.2) is 30.8 Å². The second kappa shape index (κ2) is 9.20. The van der Waals surface area contributed by atoms with E-state index in [1.165, 1.54) is 0 Å². The Bertz CT molecular complexity index is 684. The van der Waals surface area contributed by atoms with Crippen molar-refractivity contribution < 1.29 is 14.6 Å². The standard InChI is InChI=1S/C20H26N2O3/c1-14(2)19(23)13-21-12-15-5-4-6-17(11-15)22-20(24)16-7-9-18(25-3)10-8-16/h4-11,14,19,21,23H,12-13H2,1-3H3,(H,22,24). The summed E-state index contributed by atoms with van der Waals surface area (Å²) in [7, 11) is 1.59. The maximum atomic E-state index is 12.3. The van der Waals surface area contributed by atoms with Crippen LogP contribution in [0.15, 0.2) is 48.5 Å². The summed E-state index contributed by atoms with van der Waals surface area (Å²) in [4.78, 5) is 12.3. The molecule has 5 heteroatoms. The van der Waals surface area contributed by atoms with Crippen molar-refractivity contribution >= 4 is 11.6 Å². The summed E-state index contributed by atoms with van der Waals surface area (Å²) in [6.07, 6.45) is -0.363. The van der Waals surface area contributed by atoms with Gasteiger partial charge in [-0.1, -0.05) is 26.0 Å². The molecule has 0 aliphatic carbocycles. The first kappa shape index (κ1) is 19.0. The molecule has 2 rings (SSSR count). The van der Waals surface area contributed by atoms with Crippen molar-refractivity contribution in [3.63, 3.8) is 0 Å². The summed E-state index contributed by atoms with van der Waals surface area (Å²) >= 11 is 0. The van der Waals surface area contributed by atoms with Crippen LogP contribution < -0.4 is 15.4 Å². The van der Waals surface area contributed by atoms with Gasteiger partial charge in [-0.2, -0.15) is 0 Å². The van der Waals surface area contributed by atoms with Crippen molar-refractivity contribution in [1.29, 1.82) is 0 Å². The molecular weight excluding hydrogens is 316 g/mol. The van der Waals surface area contributed by atoms with Gasteiger partial charge in [0, 0.05) is 24.3 Å². The van der Waals surface area contributed by atoms with Crippen LogP contribution in [-0.2, 0) is 6.54 Å². The van der Waals surface area contributed by atoms with E-state index < -0.39 is 0 Å². The summed E-state index contributed by atoms with van der Waals surface area (Å²) in [6.45, 7) is 5.15. The highest BCUT2D eigenvalue weighted by Crippen LogP contribution is 2.15. The van der Waals surface area contributed by atoms with Crippen molar-refractivity contribution in [3.05, 3.63) is 59.7 Å². The molecule has 1 unspecified atom stereocenters. The van der Waals surface area contributed by atoms with Gasteiger partial charge in [0.05, 0.1) is 13.2 Å². The van der Waals surface area contributed by atoms with Crippen LogP contribution in [0.3, 0.4) is 0 Å². The van der Waals surface area contributed by atoms with Gasteiger partial charge in [-0.25, -0.2) is 0 Å². The van der Waals surface area contributed by atoms with E-state index >= 15 is 0 Å². The molecule has 0 radical (unpaired) electrons. The topological polar surface area (TPSA) is 70.6 Å². The zero-order valence-electron chi connectivity index (χ0n) is 15.0. The number of amides is 1. The van der Waals surface area contributed by atoms with Crippen molar-refractivity contribution in [1.82, 2.24) is 5.32 Å². The number of hydrogen-bond acceptors (Lipinski definition) is 4. The van der Waals surface area contributed by atoms with Crippen LogP contribution in [0.1, 0.15) is 29.8 Å². The van der Waals surface area contributed by atoms with Crippen molar-refractivity contribution in [3.8, 4) is 5.75 Å². The largest absolute Gasteiger partial charge is 0.497 e. The van der Waals surface area contributed by atoms with Crippen LogP contribution in [0, 0.1) is 5.92 Å². The first-order valence-electron chi connectivity index (χ1n) is 8.42. The first-order chi connectivity index (χ1) is 12.0. The third-order valence-corrected chi connectivity index (χ3v) is 3.99. The van der Waals surface area contributed by atoms with Gasteiger partial charge in [0.25, 0.3) is 5.91 Å². The molecule has 5 nitrogen and oxygen atoms in total. The Morgan fingerprint density at radius 3 is 2.52 bits per heavy atom. The lowest BCUT2D eigenvalue weighted by atomic mass is 10.1. The molecule has 0 aliphatic rings. The molecule has 0 spiro atoms. The molecular formula is C20H26N2O3. The van der Waals surface area contributed by atoms with Gasteiger partial charge in [0.2, 0.25) is 0 Å². The number of rotatable bonds is 8. The molecule has 0 heterocycles. The molecule has 1 atom stereocenters. The number of nitrogens with one attached hydrogen (secondary N) is 2. The minimum absolute atomic E-state index is 0.164. The molecule has 0 bridgehead atoms. The molecule has 25 heavy (non-hydrogen) atoms. The van der Waals surface area contributed by atoms with E-state index in [-0.39, 0.29) is 17.9 Å². The molecule has 0 saturated heterocycles. The molecule has 0 aromatic heterocycles. The second-order valence-electron chi connectivity index (χ2n) is 6.33. The number of anilines is 1. The monoisotopic (exact) mass is 342 g/mol. The summed E-state index contributed by atoms with van der Waals surface area (Å²) in [5.74, 6) is 0.777. The Hall–Kier alpha value is -2.37. The lowest BCUT2D eigenvalue weighted by Crippen LogP contribution is -2.30. The predicted octanol–water partition coefficient (Wildman–Crippen LogP) is 3.05. The predicted molar refractivity (Wildman–Crippen MR) is 99.9 cm³/mol. The number of carbonyl (C=O) groups excluding carboxylic acids is 1. The van der Waals surface area contributed by atoms with E-state index in [4.69, 9.17) is 4.74 Å². The average Bonchev–Trinajstić information content (AvgIpc) is 2.62. The normalized spacial score (nSPS) is 12.0. The number of hydrogen-bond donors (Lipinski definition) is 3. The Balaban J connectivity index is 1.92. The van der Waals surface area contributed by atoms with E-state index in [9.17, 15) is 9.90 Å². The molecule has 2 aromatic rings. The van der Waals surface area contributed by atoms with Crippen molar-refractivity contribution in [2.24, 2.45) is 5.92 Å². The SMILES string of the molecule is COc1ccc(C(=O)Nc2cccc(CNCC(O)C(C)C)c2)cc1. The molecule has 1 amide bonds. The molecule has 0 aliphatic heterocycles. The number of methoxy groups -OCH3 is 1. The van der Waals surface area contributed by atoms with E-state index in [0.29, 0.717) is 24.4 Å². The maximum absolute atomic E-state index is 12.3. The van der Waals surface area contributed by atoms with Gasteiger partial charge < -0.3 is 20.5 Å². The molecule has 2 aromatic carbocycles. The maximum Gasteiger partial charge on any atom is 0.255 e. The minimum Gasteiger partial charge on any atom is -0.497 e. The summed E-state index contributed by atoms with van der Waals surface area (Å²) in [5, 5.41) is 15.9. The van der Waals surface area contributed by atoms with E-state index in [1.807, 2.05) is 38.1 Å². The van der Waals surface area contributed by atoms with Gasteiger partial charge in [-0.3, -0.25) is 4.79 Å². The molecule has 0 saturated carbocycles. The zero-order chi connectivity index (χ0) is 18.2. The third-order valence-electron chi connectivity index (χ3n) is 3.99. The van der Waals surface area contributed by atoms with Gasteiger partial charge >= 0.3 is 0 Å². The van der Waals surface area contributed by atoms with Crippen LogP contribution in [0.2, 0.25) is 0 Å². The molecule has 3 N–H and O–H groups in total. The highest BCUT2D eigenvalue weighted by molar-refractivity contribution is 6.04. The molecule has 0 fully saturated rings. The van der Waals surface area contributed by atoms with E-state index in [0.717, 1.165) is 11.3 Å². The van der Waals surface area contributed by atoms with Gasteiger partial charge in [0.15, 0.2) is 0 Å². The van der Waals surface area contributed by atoms with Crippen molar-refractivity contribution in [2.75, 3.05) is 19.0 Å². The smallest absolute Gasteiger partial charge is 0.255 e. The number of benzene rings is 2. The highest BCUT2D eigenvalue weighted by atomic mass is 16.5. The third kappa shape index (κ3) is 5.89. The van der Waals surface area contributed by atoms with Crippen molar-refractivity contribution in [2.45, 2.75) is 26.5 Å². The Morgan fingerprint density at radius 2 is 1.88 bits per heavy atom. The zero-order valence-corrected chi connectivity index (χ0v) is 15.0. The van der Waals surface area contributed by atoms with Crippen LogP contribution in [0.5, 0.6) is 5.75 Å². The number of aliphatic hydroxyl groups excluding tert-OH is 1. The summed E-state index contributed by atoms with van der Waals surface area (Å²) < 4.78 is 5.10. The fourth-order valence-corrected chi connectivity index (χ4v) is 2.30. The van der Waals surface area contributed by atoms with E-state index in [2.05, 4.69) is 10.6 Å². The average molecular weight is 342 g/mol. The van der Waals surface area contributed by atoms with Crippen LogP contribution >= 0.6 is 0 Å². The fourth-order valence-electron chi connectivity index (χ4n) is 2.30. The summed E-state index contributed by atoms with van der Waals surface area (Å²) in [5.41, 5.74) is 2.36. The molecule has 134 valence electrons. The van der Waals surface area contributed by atoms with Crippen LogP contribution in [0.25, 0.3) is 0 Å². The highest BCUT2D eigenvalue weighted by Gasteiger charge is 2.09. The Kier molecular flexibility index (Phi) is 6.98. The lowest BCUT2D eigenvalue weighted by Gasteiger charge is -2.15. The Morgan fingerprint density at radius 1 is 1.16 bits per heavy atom. The lowest BCUT2D eigenvalue weighted by molar-refractivity contribution is 0.102.